The van der Waals surface area contributed by atoms with Crippen molar-refractivity contribution >= 4 is 0 Å². The summed E-state index contributed by atoms with van der Waals surface area (Å²) in [4.78, 5) is 0. The van der Waals surface area contributed by atoms with E-state index in [1.807, 2.05) is 0 Å². The van der Waals surface area contributed by atoms with Gasteiger partial charge in [-0.25, -0.2) is 0 Å². The van der Waals surface area contributed by atoms with Crippen LogP contribution in [0.15, 0.2) is 0 Å². The standard InChI is InChI=1S/2BrH.2HI.Zr/h4*1H;/q;;;;+4/p-4. The minimum absolute atomic E-state index is 0. The zero-order chi connectivity index (χ0) is 0. The maximum atomic E-state index is 0. The van der Waals surface area contributed by atoms with E-state index in [2.05, 4.69) is 0 Å². The summed E-state index contributed by atoms with van der Waals surface area (Å²) in [5.74, 6) is 0. The molecule has 0 aliphatic carbocycles. The Morgan fingerprint density at radius 2 is 0.600 bits per heavy atom. The first-order valence-electron chi connectivity index (χ1n) is 0. The van der Waals surface area contributed by atoms with Gasteiger partial charge in [0.05, 0.1) is 0 Å². The summed E-state index contributed by atoms with van der Waals surface area (Å²) in [6.45, 7) is 0. The van der Waals surface area contributed by atoms with Crippen molar-refractivity contribution in [3.63, 3.8) is 0 Å². The summed E-state index contributed by atoms with van der Waals surface area (Å²) in [6.07, 6.45) is 0. The maximum absolute atomic E-state index is 0. The van der Waals surface area contributed by atoms with E-state index in [1.165, 1.54) is 0 Å². The van der Waals surface area contributed by atoms with Crippen LogP contribution in [0.5, 0.6) is 0 Å². The Balaban J connectivity index is 0. The van der Waals surface area contributed by atoms with Crippen molar-refractivity contribution in [2.75, 3.05) is 0 Å². The van der Waals surface area contributed by atoms with Crippen LogP contribution in [0.1, 0.15) is 0 Å². The van der Waals surface area contributed by atoms with Gasteiger partial charge in [-0.1, -0.05) is 0 Å². The van der Waals surface area contributed by atoms with Crippen molar-refractivity contribution < 1.29 is 108 Å². The second kappa shape index (κ2) is 26.6. The van der Waals surface area contributed by atoms with Gasteiger partial charge in [0.15, 0.2) is 0 Å². The average Bonchev–Trinajstić information content (AvgIpc) is 0. The summed E-state index contributed by atoms with van der Waals surface area (Å²) in [5, 5.41) is 0. The summed E-state index contributed by atoms with van der Waals surface area (Å²) in [5.41, 5.74) is 0. The van der Waals surface area contributed by atoms with Crippen LogP contribution in [0.4, 0.5) is 0 Å². The Labute approximate surface area is 106 Å². The van der Waals surface area contributed by atoms with Crippen LogP contribution < -0.4 is 81.9 Å². The number of hydrogen-bond donors (Lipinski definition) is 0. The second-order valence-corrected chi connectivity index (χ2v) is 0. The molecule has 32 valence electrons. The number of rotatable bonds is 0. The minimum atomic E-state index is 0. The quantitative estimate of drug-likeness (QED) is 0.288. The van der Waals surface area contributed by atoms with Crippen LogP contribution in [0.2, 0.25) is 0 Å². The topological polar surface area (TPSA) is 0 Å². The normalized spacial score (nSPS) is 0. The fraction of sp³-hybridized carbons (Fsp3) is 0. The van der Waals surface area contributed by atoms with E-state index in [1.54, 1.807) is 0 Å². The van der Waals surface area contributed by atoms with E-state index < -0.39 is 0 Å². The molecule has 0 saturated carbocycles. The molecule has 0 aromatic rings. The number of halogens is 4. The molecule has 0 bridgehead atoms. The zero-order valence-electron chi connectivity index (χ0n) is 2.01. The molecule has 0 N–H and O–H groups in total. The molecule has 0 saturated heterocycles. The third kappa shape index (κ3) is 18.8. The van der Waals surface area contributed by atoms with Crippen molar-refractivity contribution in [3.8, 4) is 0 Å². The molecule has 0 aliphatic heterocycles. The Hall–Kier alpha value is 3.30. The smallest absolute Gasteiger partial charge is 1.00 e. The molecule has 0 spiro atoms. The Bertz CT molecular complexity index is 7.61. The van der Waals surface area contributed by atoms with Crippen molar-refractivity contribution in [3.05, 3.63) is 0 Å². The van der Waals surface area contributed by atoms with Gasteiger partial charge in [0.2, 0.25) is 0 Å². The van der Waals surface area contributed by atoms with Gasteiger partial charge < -0.3 is 81.9 Å². The molecular formula is Br2I2Zr. The molecule has 0 heterocycles. The second-order valence-electron chi connectivity index (χ2n) is 0. The molecule has 0 atom stereocenters. The van der Waals surface area contributed by atoms with Crippen LogP contribution >= 0.6 is 0 Å². The van der Waals surface area contributed by atoms with E-state index >= 15 is 0 Å². The molecule has 0 unspecified atom stereocenters. The SMILES string of the molecule is [Br-].[Br-].[I-].[I-].[Zr+4]. The predicted octanol–water partition coefficient (Wildman–Crippen LogP) is -12.0. The fourth-order valence-corrected chi connectivity index (χ4v) is 0. The zero-order valence-corrected chi connectivity index (χ0v) is 12.0. The fourth-order valence-electron chi connectivity index (χ4n) is 0. The van der Waals surface area contributed by atoms with Crippen LogP contribution in [0.25, 0.3) is 0 Å². The van der Waals surface area contributed by atoms with E-state index in [0.29, 0.717) is 0 Å². The van der Waals surface area contributed by atoms with Gasteiger partial charge in [-0.3, -0.25) is 0 Å². The average molecular weight is 505 g/mol. The Morgan fingerprint density at radius 1 is 0.600 bits per heavy atom. The van der Waals surface area contributed by atoms with Crippen molar-refractivity contribution in [1.29, 1.82) is 0 Å². The summed E-state index contributed by atoms with van der Waals surface area (Å²) in [6, 6.07) is 0. The molecule has 0 nitrogen and oxygen atoms in total. The predicted molar refractivity (Wildman–Crippen MR) is 0 cm³/mol. The molecular weight excluding hydrogens is 505 g/mol. The van der Waals surface area contributed by atoms with E-state index in [4.69, 9.17) is 0 Å². The molecule has 0 aromatic carbocycles. The van der Waals surface area contributed by atoms with Gasteiger partial charge in [-0.2, -0.15) is 0 Å². The summed E-state index contributed by atoms with van der Waals surface area (Å²) < 4.78 is 0. The third-order valence-corrected chi connectivity index (χ3v) is 0. The Kier molecular flexibility index (Phi) is 216. The summed E-state index contributed by atoms with van der Waals surface area (Å²) in [7, 11) is 0. The molecule has 5 heteroatoms. The molecule has 0 aromatic heterocycles. The van der Waals surface area contributed by atoms with Gasteiger partial charge >= 0.3 is 26.2 Å². The molecule has 0 radical (unpaired) electrons. The Morgan fingerprint density at radius 3 is 0.600 bits per heavy atom. The van der Waals surface area contributed by atoms with Gasteiger partial charge in [0.1, 0.15) is 0 Å². The van der Waals surface area contributed by atoms with Gasteiger partial charge in [0, 0.05) is 0 Å². The van der Waals surface area contributed by atoms with Gasteiger partial charge in [-0.15, -0.1) is 0 Å². The van der Waals surface area contributed by atoms with Crippen LogP contribution in [-0.2, 0) is 26.2 Å². The number of hydrogen-bond acceptors (Lipinski definition) is 0. The third-order valence-electron chi connectivity index (χ3n) is 0. The van der Waals surface area contributed by atoms with Crippen LogP contribution in [0, 0.1) is 0 Å². The largest absolute Gasteiger partial charge is 4.00 e. The molecule has 0 amide bonds. The van der Waals surface area contributed by atoms with Crippen LogP contribution in [0.3, 0.4) is 0 Å². The molecule has 0 aliphatic rings. The van der Waals surface area contributed by atoms with E-state index in [-0.39, 0.29) is 108 Å². The van der Waals surface area contributed by atoms with E-state index in [9.17, 15) is 0 Å². The molecule has 0 fully saturated rings. The van der Waals surface area contributed by atoms with Crippen LogP contribution in [-0.4, -0.2) is 0 Å². The van der Waals surface area contributed by atoms with Crippen molar-refractivity contribution in [2.24, 2.45) is 0 Å². The monoisotopic (exact) mass is 502 g/mol. The van der Waals surface area contributed by atoms with Gasteiger partial charge in [0.25, 0.3) is 0 Å². The van der Waals surface area contributed by atoms with E-state index in [0.717, 1.165) is 0 Å². The summed E-state index contributed by atoms with van der Waals surface area (Å²) >= 11 is 0. The maximum Gasteiger partial charge on any atom is 4.00 e. The minimum Gasteiger partial charge on any atom is -1.00 e. The van der Waals surface area contributed by atoms with Crippen molar-refractivity contribution in [1.82, 2.24) is 0 Å². The van der Waals surface area contributed by atoms with Crippen molar-refractivity contribution in [2.45, 2.75) is 0 Å². The first-order valence-corrected chi connectivity index (χ1v) is 0. The first kappa shape index (κ1) is 40.6. The molecule has 5 heavy (non-hydrogen) atoms. The van der Waals surface area contributed by atoms with Gasteiger partial charge in [-0.05, 0) is 0 Å². The first-order chi connectivity index (χ1) is 0. The molecule has 0 rings (SSSR count).